The van der Waals surface area contributed by atoms with Crippen LogP contribution in [0.25, 0.3) is 11.5 Å². The second-order valence-corrected chi connectivity index (χ2v) is 6.95. The first-order valence-electron chi connectivity index (χ1n) is 9.71. The number of aromatic nitrogens is 2. The number of amides is 1. The van der Waals surface area contributed by atoms with Crippen molar-refractivity contribution >= 4 is 5.91 Å². The maximum absolute atomic E-state index is 12.3. The summed E-state index contributed by atoms with van der Waals surface area (Å²) in [5.41, 5.74) is 0.873. The lowest BCUT2D eigenvalue weighted by atomic mass is 10.2. The van der Waals surface area contributed by atoms with Gasteiger partial charge in [0.2, 0.25) is 17.7 Å². The Bertz CT molecular complexity index is 870. The van der Waals surface area contributed by atoms with Crippen LogP contribution < -0.4 is 5.32 Å². The average Bonchev–Trinajstić information content (AvgIpc) is 3.50. The van der Waals surface area contributed by atoms with E-state index in [4.69, 9.17) is 8.83 Å². The van der Waals surface area contributed by atoms with E-state index in [1.54, 1.807) is 6.26 Å². The van der Waals surface area contributed by atoms with Crippen LogP contribution in [0.2, 0.25) is 0 Å². The van der Waals surface area contributed by atoms with Crippen molar-refractivity contribution in [3.8, 4) is 11.5 Å². The van der Waals surface area contributed by atoms with Crippen LogP contribution in [0.1, 0.15) is 37.0 Å². The average molecular weight is 380 g/mol. The number of likely N-dealkylation sites (tertiary alicyclic amines) is 1. The predicted octanol–water partition coefficient (Wildman–Crippen LogP) is 3.22. The van der Waals surface area contributed by atoms with E-state index in [0.717, 1.165) is 24.4 Å². The molecule has 0 radical (unpaired) electrons. The van der Waals surface area contributed by atoms with Crippen LogP contribution in [0.15, 0.2) is 57.6 Å². The van der Waals surface area contributed by atoms with Gasteiger partial charge in [-0.2, -0.15) is 0 Å². The molecule has 1 amide bonds. The molecule has 2 aromatic heterocycles. The molecule has 1 aliphatic heterocycles. The summed E-state index contributed by atoms with van der Waals surface area (Å²) in [7, 11) is 0. The molecule has 0 bridgehead atoms. The summed E-state index contributed by atoms with van der Waals surface area (Å²) in [6, 6.07) is 13.5. The quantitative estimate of drug-likeness (QED) is 0.646. The fraction of sp³-hybridized carbons (Fsp3) is 0.381. The van der Waals surface area contributed by atoms with Crippen molar-refractivity contribution in [2.24, 2.45) is 0 Å². The summed E-state index contributed by atoms with van der Waals surface area (Å²) in [6.45, 7) is 2.60. The van der Waals surface area contributed by atoms with Crippen LogP contribution in [0.3, 0.4) is 0 Å². The van der Waals surface area contributed by atoms with Gasteiger partial charge < -0.3 is 14.2 Å². The van der Waals surface area contributed by atoms with Gasteiger partial charge >= 0.3 is 0 Å². The van der Waals surface area contributed by atoms with Crippen LogP contribution in [0, 0.1) is 0 Å². The van der Waals surface area contributed by atoms with Crippen molar-refractivity contribution in [2.45, 2.75) is 31.7 Å². The minimum absolute atomic E-state index is 0.0322. The van der Waals surface area contributed by atoms with Gasteiger partial charge in [-0.3, -0.25) is 9.69 Å². The summed E-state index contributed by atoms with van der Waals surface area (Å²) >= 11 is 0. The zero-order valence-electron chi connectivity index (χ0n) is 15.7. The van der Waals surface area contributed by atoms with E-state index >= 15 is 0 Å². The number of carbonyl (C=O) groups excluding carboxylic acids is 1. The van der Waals surface area contributed by atoms with Gasteiger partial charge in [0.25, 0.3) is 0 Å². The number of aryl methyl sites for hydroxylation is 1. The van der Waals surface area contributed by atoms with E-state index < -0.39 is 0 Å². The van der Waals surface area contributed by atoms with Crippen molar-refractivity contribution < 1.29 is 13.6 Å². The van der Waals surface area contributed by atoms with E-state index in [2.05, 4.69) is 20.4 Å². The highest BCUT2D eigenvalue weighted by Gasteiger charge is 2.25. The Kier molecular flexibility index (Phi) is 5.82. The molecule has 3 heterocycles. The van der Waals surface area contributed by atoms with Crippen LogP contribution >= 0.6 is 0 Å². The molecule has 146 valence electrons. The molecule has 28 heavy (non-hydrogen) atoms. The van der Waals surface area contributed by atoms with Gasteiger partial charge in [0.15, 0.2) is 0 Å². The molecule has 1 atom stereocenters. The summed E-state index contributed by atoms with van der Waals surface area (Å²) in [6.07, 6.45) is 4.78. The monoisotopic (exact) mass is 380 g/mol. The topological polar surface area (TPSA) is 84.4 Å². The minimum Gasteiger partial charge on any atom is -0.468 e. The van der Waals surface area contributed by atoms with Crippen molar-refractivity contribution in [1.82, 2.24) is 20.4 Å². The van der Waals surface area contributed by atoms with E-state index in [1.165, 1.54) is 12.8 Å². The number of hydrogen-bond acceptors (Lipinski definition) is 6. The first-order valence-corrected chi connectivity index (χ1v) is 9.71. The molecule has 0 spiro atoms. The number of rotatable bonds is 8. The Morgan fingerprint density at radius 2 is 1.93 bits per heavy atom. The maximum Gasteiger partial charge on any atom is 0.247 e. The molecule has 3 aromatic rings. The summed E-state index contributed by atoms with van der Waals surface area (Å²) in [4.78, 5) is 14.7. The van der Waals surface area contributed by atoms with Crippen molar-refractivity contribution in [1.29, 1.82) is 0 Å². The van der Waals surface area contributed by atoms with E-state index in [9.17, 15) is 4.79 Å². The van der Waals surface area contributed by atoms with Gasteiger partial charge in [-0.05, 0) is 50.2 Å². The summed E-state index contributed by atoms with van der Waals surface area (Å²) in [5, 5.41) is 11.1. The van der Waals surface area contributed by atoms with Crippen LogP contribution in [-0.4, -0.2) is 40.6 Å². The highest BCUT2D eigenvalue weighted by Crippen LogP contribution is 2.25. The number of carbonyl (C=O) groups is 1. The first-order chi connectivity index (χ1) is 13.8. The highest BCUT2D eigenvalue weighted by molar-refractivity contribution is 5.76. The highest BCUT2D eigenvalue weighted by atomic mass is 16.4. The smallest absolute Gasteiger partial charge is 0.247 e. The second-order valence-electron chi connectivity index (χ2n) is 6.95. The fourth-order valence-electron chi connectivity index (χ4n) is 3.52. The summed E-state index contributed by atoms with van der Waals surface area (Å²) < 4.78 is 11.2. The third-order valence-electron chi connectivity index (χ3n) is 5.00. The van der Waals surface area contributed by atoms with Gasteiger partial charge in [0.05, 0.1) is 12.3 Å². The molecule has 4 rings (SSSR count). The van der Waals surface area contributed by atoms with Gasteiger partial charge in [-0.25, -0.2) is 0 Å². The molecule has 1 aromatic carbocycles. The molecule has 1 aliphatic rings. The lowest BCUT2D eigenvalue weighted by Gasteiger charge is -2.25. The van der Waals surface area contributed by atoms with E-state index in [1.807, 2.05) is 42.5 Å². The van der Waals surface area contributed by atoms with Gasteiger partial charge in [-0.1, -0.05) is 18.2 Å². The lowest BCUT2D eigenvalue weighted by molar-refractivity contribution is -0.121. The maximum atomic E-state index is 12.3. The largest absolute Gasteiger partial charge is 0.468 e. The molecule has 1 saturated heterocycles. The molecule has 1 N–H and O–H groups in total. The molecular weight excluding hydrogens is 356 g/mol. The second kappa shape index (κ2) is 8.84. The fourth-order valence-corrected chi connectivity index (χ4v) is 3.52. The lowest BCUT2D eigenvalue weighted by Crippen LogP contribution is -2.36. The van der Waals surface area contributed by atoms with Crippen LogP contribution in [-0.2, 0) is 11.2 Å². The third-order valence-corrected chi connectivity index (χ3v) is 5.00. The molecular formula is C21H24N4O3. The SMILES string of the molecule is O=C(CCc1nnc(-c2ccccc2)o1)NC[C@H](c1ccco1)N1CCCC1. The zero-order chi connectivity index (χ0) is 19.2. The van der Waals surface area contributed by atoms with Crippen LogP contribution in [0.4, 0.5) is 0 Å². The minimum atomic E-state index is -0.0322. The number of nitrogens with zero attached hydrogens (tertiary/aromatic N) is 3. The molecule has 0 aliphatic carbocycles. The third kappa shape index (κ3) is 4.48. The number of benzene rings is 1. The molecule has 0 saturated carbocycles. The Morgan fingerprint density at radius 1 is 1.11 bits per heavy atom. The zero-order valence-corrected chi connectivity index (χ0v) is 15.7. The standard InChI is InChI=1S/C21H24N4O3/c26-19(10-11-20-23-24-21(28-20)16-7-2-1-3-8-16)22-15-17(18-9-6-14-27-18)25-12-4-5-13-25/h1-3,6-9,14,17H,4-5,10-13,15H2,(H,22,26)/t17-/m1/s1. The van der Waals surface area contributed by atoms with Gasteiger partial charge in [0.1, 0.15) is 5.76 Å². The van der Waals surface area contributed by atoms with Crippen molar-refractivity contribution in [2.75, 3.05) is 19.6 Å². The Morgan fingerprint density at radius 3 is 2.68 bits per heavy atom. The van der Waals surface area contributed by atoms with Gasteiger partial charge in [-0.15, -0.1) is 10.2 Å². The first kappa shape index (κ1) is 18.4. The van der Waals surface area contributed by atoms with E-state index in [-0.39, 0.29) is 11.9 Å². The molecule has 0 unspecified atom stereocenters. The number of furan rings is 1. The van der Waals surface area contributed by atoms with Gasteiger partial charge in [0, 0.05) is 24.9 Å². The Labute approximate surface area is 163 Å². The van der Waals surface area contributed by atoms with Crippen LogP contribution in [0.5, 0.6) is 0 Å². The van der Waals surface area contributed by atoms with Crippen molar-refractivity contribution in [3.05, 3.63) is 60.4 Å². The Balaban J connectivity index is 1.29. The normalized spacial score (nSPS) is 15.6. The number of nitrogens with one attached hydrogen (secondary N) is 1. The van der Waals surface area contributed by atoms with Crippen molar-refractivity contribution in [3.63, 3.8) is 0 Å². The molecule has 7 nitrogen and oxygen atoms in total. The summed E-state index contributed by atoms with van der Waals surface area (Å²) in [5.74, 6) is 1.81. The predicted molar refractivity (Wildman–Crippen MR) is 103 cm³/mol. The van der Waals surface area contributed by atoms with E-state index in [0.29, 0.717) is 31.2 Å². The molecule has 1 fully saturated rings. The number of hydrogen-bond donors (Lipinski definition) is 1. The molecule has 7 heteroatoms. The Hall–Kier alpha value is -2.93.